The van der Waals surface area contributed by atoms with Crippen LogP contribution in [0.15, 0.2) is 9.42 Å². The quantitative estimate of drug-likeness (QED) is 0.575. The standard InChI is InChI=1S/C24H34N2O5S/c1-24(2,23(28)29)12-30-22-20(32-17-5-3-4-6-17)19(31-26-22)21(27)25-18-15-8-13-7-14(10-15)11-16(18)9-13/h13-18H,3-12H2,1-2H3,(H,25,27)(H,28,29). The van der Waals surface area contributed by atoms with E-state index in [2.05, 4.69) is 10.5 Å². The molecule has 0 saturated heterocycles. The molecule has 5 saturated carbocycles. The molecule has 0 unspecified atom stereocenters. The van der Waals surface area contributed by atoms with Gasteiger partial charge in [-0.15, -0.1) is 11.8 Å². The average molecular weight is 463 g/mol. The first kappa shape index (κ1) is 22.1. The molecule has 5 aliphatic rings. The van der Waals surface area contributed by atoms with Crippen molar-refractivity contribution in [3.63, 3.8) is 0 Å². The Morgan fingerprint density at radius 2 is 1.75 bits per heavy atom. The molecule has 0 radical (unpaired) electrons. The predicted octanol–water partition coefficient (Wildman–Crippen LogP) is 4.75. The topological polar surface area (TPSA) is 102 Å². The van der Waals surface area contributed by atoms with E-state index in [1.807, 2.05) is 0 Å². The van der Waals surface area contributed by atoms with Crippen molar-refractivity contribution in [1.82, 2.24) is 10.5 Å². The first-order valence-electron chi connectivity index (χ1n) is 12.1. The number of carboxylic acid groups (broad SMARTS) is 1. The van der Waals surface area contributed by atoms with Gasteiger partial charge in [-0.3, -0.25) is 9.59 Å². The summed E-state index contributed by atoms with van der Waals surface area (Å²) >= 11 is 1.60. The molecule has 6 rings (SSSR count). The maximum atomic E-state index is 13.3. The molecule has 1 heterocycles. The van der Waals surface area contributed by atoms with Crippen LogP contribution in [0.4, 0.5) is 0 Å². The van der Waals surface area contributed by atoms with Crippen LogP contribution in [0.25, 0.3) is 0 Å². The lowest BCUT2D eigenvalue weighted by Gasteiger charge is -2.54. The molecule has 0 aliphatic heterocycles. The van der Waals surface area contributed by atoms with Crippen LogP contribution in [0.3, 0.4) is 0 Å². The number of carboxylic acids is 1. The van der Waals surface area contributed by atoms with Crippen LogP contribution in [-0.2, 0) is 4.79 Å². The van der Waals surface area contributed by atoms with E-state index in [-0.39, 0.29) is 30.2 Å². The summed E-state index contributed by atoms with van der Waals surface area (Å²) in [5.74, 6) is 2.18. The van der Waals surface area contributed by atoms with Crippen molar-refractivity contribution in [2.75, 3.05) is 6.61 Å². The SMILES string of the molecule is CC(C)(COc1noc(C(=O)NC2C3CC4CC(C3)CC2C4)c1SC1CCCC1)C(=O)O. The summed E-state index contributed by atoms with van der Waals surface area (Å²) in [4.78, 5) is 25.4. The van der Waals surface area contributed by atoms with Crippen LogP contribution in [-0.4, -0.2) is 40.0 Å². The summed E-state index contributed by atoms with van der Waals surface area (Å²) in [7, 11) is 0. The number of thioether (sulfide) groups is 1. The number of aliphatic carboxylic acids is 1. The third-order valence-corrected chi connectivity index (χ3v) is 9.49. The minimum absolute atomic E-state index is 0.0380. The summed E-state index contributed by atoms with van der Waals surface area (Å²) in [5.41, 5.74) is -1.06. The molecule has 7 nitrogen and oxygen atoms in total. The van der Waals surface area contributed by atoms with Crippen LogP contribution in [0.2, 0.25) is 0 Å². The number of carbonyl (C=O) groups is 2. The van der Waals surface area contributed by atoms with Crippen molar-refractivity contribution in [2.24, 2.45) is 29.1 Å². The number of nitrogens with one attached hydrogen (secondary N) is 1. The number of amides is 1. The lowest BCUT2D eigenvalue weighted by molar-refractivity contribution is -0.148. The molecule has 32 heavy (non-hydrogen) atoms. The molecule has 8 heteroatoms. The van der Waals surface area contributed by atoms with Crippen molar-refractivity contribution in [2.45, 2.75) is 87.8 Å². The van der Waals surface area contributed by atoms with Gasteiger partial charge in [0.15, 0.2) is 0 Å². The van der Waals surface area contributed by atoms with Gasteiger partial charge in [-0.05, 0) is 87.6 Å². The fourth-order valence-corrected chi connectivity index (χ4v) is 7.81. The maximum absolute atomic E-state index is 13.3. The number of hydrogen-bond donors (Lipinski definition) is 2. The van der Waals surface area contributed by atoms with Gasteiger partial charge in [0, 0.05) is 11.3 Å². The highest BCUT2D eigenvalue weighted by Gasteiger charge is 2.49. The van der Waals surface area contributed by atoms with Gasteiger partial charge in [0.05, 0.1) is 5.41 Å². The van der Waals surface area contributed by atoms with Crippen LogP contribution in [0.1, 0.15) is 82.2 Å². The first-order chi connectivity index (χ1) is 15.3. The van der Waals surface area contributed by atoms with Gasteiger partial charge >= 0.3 is 5.97 Å². The van der Waals surface area contributed by atoms with E-state index in [0.29, 0.717) is 22.0 Å². The minimum Gasteiger partial charge on any atom is -0.481 e. The molecule has 1 amide bonds. The number of carbonyl (C=O) groups excluding carboxylic acids is 1. The van der Waals surface area contributed by atoms with E-state index >= 15 is 0 Å². The molecule has 0 atom stereocenters. The van der Waals surface area contributed by atoms with Crippen molar-refractivity contribution in [3.8, 4) is 5.88 Å². The third kappa shape index (κ3) is 4.27. The van der Waals surface area contributed by atoms with Crippen molar-refractivity contribution in [3.05, 3.63) is 5.76 Å². The Morgan fingerprint density at radius 3 is 2.34 bits per heavy atom. The third-order valence-electron chi connectivity index (χ3n) is 8.09. The van der Waals surface area contributed by atoms with Gasteiger partial charge < -0.3 is 19.7 Å². The second-order valence-electron chi connectivity index (χ2n) is 11.1. The number of ether oxygens (including phenoxy) is 1. The Labute approximate surface area is 193 Å². The minimum atomic E-state index is -1.06. The van der Waals surface area contributed by atoms with Crippen molar-refractivity contribution >= 4 is 23.6 Å². The highest BCUT2D eigenvalue weighted by Crippen LogP contribution is 2.54. The molecule has 4 bridgehead atoms. The van der Waals surface area contributed by atoms with Gasteiger partial charge in [0.25, 0.3) is 11.8 Å². The number of rotatable bonds is 8. The van der Waals surface area contributed by atoms with Crippen LogP contribution < -0.4 is 10.1 Å². The smallest absolute Gasteiger partial charge is 0.312 e. The predicted molar refractivity (Wildman–Crippen MR) is 120 cm³/mol. The Kier molecular flexibility index (Phi) is 5.93. The summed E-state index contributed by atoms with van der Waals surface area (Å²) in [5, 5.41) is 17.2. The van der Waals surface area contributed by atoms with Gasteiger partial charge in [0.2, 0.25) is 5.76 Å². The van der Waals surface area contributed by atoms with E-state index in [0.717, 1.165) is 24.7 Å². The number of nitrogens with zero attached hydrogens (tertiary/aromatic N) is 1. The molecule has 0 aromatic carbocycles. The van der Waals surface area contributed by atoms with Crippen molar-refractivity contribution < 1.29 is 24.0 Å². The molecule has 5 aliphatic carbocycles. The second kappa shape index (κ2) is 8.58. The molecule has 5 fully saturated rings. The van der Waals surface area contributed by atoms with E-state index in [4.69, 9.17) is 9.26 Å². The molecular formula is C24H34N2O5S. The van der Waals surface area contributed by atoms with E-state index in [1.54, 1.807) is 25.6 Å². The fraction of sp³-hybridized carbons (Fsp3) is 0.792. The summed E-state index contributed by atoms with van der Waals surface area (Å²) in [6.07, 6.45) is 10.9. The van der Waals surface area contributed by atoms with E-state index in [9.17, 15) is 14.7 Å². The van der Waals surface area contributed by atoms with E-state index in [1.165, 1.54) is 44.9 Å². The zero-order valence-electron chi connectivity index (χ0n) is 19.0. The maximum Gasteiger partial charge on any atom is 0.312 e. The number of aromatic nitrogens is 1. The van der Waals surface area contributed by atoms with Gasteiger partial charge in [-0.2, -0.15) is 0 Å². The second-order valence-corrected chi connectivity index (χ2v) is 12.4. The molecule has 0 spiro atoms. The molecular weight excluding hydrogens is 428 g/mol. The highest BCUT2D eigenvalue weighted by atomic mass is 32.2. The molecule has 176 valence electrons. The summed E-state index contributed by atoms with van der Waals surface area (Å²) in [6.45, 7) is 3.18. The first-order valence-corrected chi connectivity index (χ1v) is 13.0. The Hall–Kier alpha value is -1.70. The lowest BCUT2D eigenvalue weighted by Crippen LogP contribution is -2.55. The fourth-order valence-electron chi connectivity index (χ4n) is 6.47. The van der Waals surface area contributed by atoms with E-state index < -0.39 is 11.4 Å². The largest absolute Gasteiger partial charge is 0.481 e. The Balaban J connectivity index is 1.33. The Bertz CT molecular complexity index is 848. The van der Waals surface area contributed by atoms with Crippen molar-refractivity contribution in [1.29, 1.82) is 0 Å². The summed E-state index contributed by atoms with van der Waals surface area (Å²) < 4.78 is 11.3. The number of hydrogen-bond acceptors (Lipinski definition) is 6. The monoisotopic (exact) mass is 462 g/mol. The highest BCUT2D eigenvalue weighted by molar-refractivity contribution is 8.00. The normalized spacial score (nSPS) is 31.8. The Morgan fingerprint density at radius 1 is 1.12 bits per heavy atom. The zero-order chi connectivity index (χ0) is 22.5. The van der Waals surface area contributed by atoms with Gasteiger partial charge in [-0.25, -0.2) is 0 Å². The van der Waals surface area contributed by atoms with Gasteiger partial charge in [-0.1, -0.05) is 12.8 Å². The lowest BCUT2D eigenvalue weighted by atomic mass is 9.54. The molecule has 1 aromatic heterocycles. The van der Waals surface area contributed by atoms with Crippen LogP contribution >= 0.6 is 11.8 Å². The van der Waals surface area contributed by atoms with Crippen LogP contribution in [0, 0.1) is 29.1 Å². The molecule has 1 aromatic rings. The zero-order valence-corrected chi connectivity index (χ0v) is 19.8. The average Bonchev–Trinajstić information content (AvgIpc) is 3.39. The van der Waals surface area contributed by atoms with Crippen LogP contribution in [0.5, 0.6) is 5.88 Å². The van der Waals surface area contributed by atoms with Gasteiger partial charge in [0.1, 0.15) is 11.5 Å². The molecule has 2 N–H and O–H groups in total. The summed E-state index contributed by atoms with van der Waals surface area (Å²) in [6, 6.07) is 0.222.